The zero-order valence-electron chi connectivity index (χ0n) is 13.8. The molecule has 4 rings (SSSR count). The number of fused-ring (bicyclic) bond motifs is 1. The number of hydrogen-bond donors (Lipinski definition) is 1. The number of rotatable bonds is 2. The van der Waals surface area contributed by atoms with Gasteiger partial charge in [-0.25, -0.2) is 9.48 Å². The summed E-state index contributed by atoms with van der Waals surface area (Å²) in [6.07, 6.45) is 2.87. The molecule has 2 aromatic heterocycles. The lowest BCUT2D eigenvalue weighted by Crippen LogP contribution is -2.40. The largest absolute Gasteiger partial charge is 0.349 e. The van der Waals surface area contributed by atoms with Crippen molar-refractivity contribution in [1.82, 2.24) is 14.3 Å². The highest BCUT2D eigenvalue weighted by Crippen LogP contribution is 2.29. The number of aryl methyl sites for hydroxylation is 2. The molecule has 0 unspecified atom stereocenters. The molecule has 0 fully saturated rings. The summed E-state index contributed by atoms with van der Waals surface area (Å²) in [6, 6.07) is 13.4. The average Bonchev–Trinajstić information content (AvgIpc) is 3.22. The van der Waals surface area contributed by atoms with Gasteiger partial charge in [0.15, 0.2) is 0 Å². The van der Waals surface area contributed by atoms with Crippen molar-refractivity contribution in [2.45, 2.75) is 13.0 Å². The van der Waals surface area contributed by atoms with E-state index >= 15 is 0 Å². The molecule has 3 heterocycles. The second kappa shape index (κ2) is 6.40. The summed E-state index contributed by atoms with van der Waals surface area (Å²) in [7, 11) is 1.99. The van der Waals surface area contributed by atoms with Crippen LogP contribution in [0.15, 0.2) is 53.1 Å². The molecular formula is C18H18BrN5O. The highest BCUT2D eigenvalue weighted by Gasteiger charge is 2.25. The molecule has 7 heteroatoms. The number of nitrogens with zero attached hydrogens (tertiary/aromatic N) is 4. The lowest BCUT2D eigenvalue weighted by atomic mass is 10.2. The molecule has 1 aliphatic heterocycles. The van der Waals surface area contributed by atoms with E-state index in [1.54, 1.807) is 4.90 Å². The van der Waals surface area contributed by atoms with Crippen LogP contribution >= 0.6 is 15.9 Å². The van der Waals surface area contributed by atoms with Crippen LogP contribution in [-0.4, -0.2) is 26.9 Å². The van der Waals surface area contributed by atoms with Crippen LogP contribution in [0.1, 0.15) is 6.42 Å². The van der Waals surface area contributed by atoms with Gasteiger partial charge in [0.05, 0.1) is 11.4 Å². The minimum absolute atomic E-state index is 0.147. The predicted octanol–water partition coefficient (Wildman–Crippen LogP) is 4.09. The van der Waals surface area contributed by atoms with E-state index in [1.165, 1.54) is 0 Å². The third-order valence-electron chi connectivity index (χ3n) is 4.35. The summed E-state index contributed by atoms with van der Waals surface area (Å²) in [6.45, 7) is 1.49. The van der Waals surface area contributed by atoms with Crippen molar-refractivity contribution in [3.8, 4) is 11.4 Å². The Hall–Kier alpha value is -2.54. The van der Waals surface area contributed by atoms with E-state index in [0.29, 0.717) is 6.54 Å². The number of hydrogen-bond acceptors (Lipinski definition) is 2. The van der Waals surface area contributed by atoms with Gasteiger partial charge in [-0.1, -0.05) is 12.1 Å². The first-order valence-corrected chi connectivity index (χ1v) is 8.95. The Balaban J connectivity index is 1.63. The normalized spacial score (nSPS) is 13.6. The standard InChI is InChI=1S/C18H18BrN5O/c1-22-9-4-8-16(22)15-12-17-23(10-5-11-24(17)21-15)18(25)20-14-7-3-2-6-13(14)19/h2-4,6-9,12H,5,10-11H2,1H3,(H,20,25). The number of aromatic nitrogens is 3. The monoisotopic (exact) mass is 399 g/mol. The highest BCUT2D eigenvalue weighted by molar-refractivity contribution is 9.10. The van der Waals surface area contributed by atoms with Gasteiger partial charge in [0.2, 0.25) is 0 Å². The summed E-state index contributed by atoms with van der Waals surface area (Å²) >= 11 is 3.47. The molecule has 0 atom stereocenters. The van der Waals surface area contributed by atoms with Crippen molar-refractivity contribution < 1.29 is 4.79 Å². The Morgan fingerprint density at radius 1 is 1.20 bits per heavy atom. The fourth-order valence-corrected chi connectivity index (χ4v) is 3.47. The highest BCUT2D eigenvalue weighted by atomic mass is 79.9. The van der Waals surface area contributed by atoms with E-state index in [4.69, 9.17) is 0 Å². The molecule has 6 nitrogen and oxygen atoms in total. The molecule has 0 aliphatic carbocycles. The van der Waals surface area contributed by atoms with Crippen LogP contribution in [0, 0.1) is 0 Å². The number of anilines is 2. The van der Waals surface area contributed by atoms with Crippen LogP contribution in [0.25, 0.3) is 11.4 Å². The average molecular weight is 400 g/mol. The van der Waals surface area contributed by atoms with Gasteiger partial charge in [0, 0.05) is 36.9 Å². The zero-order chi connectivity index (χ0) is 17.4. The number of para-hydroxylation sites is 1. The summed E-state index contributed by atoms with van der Waals surface area (Å²) in [5.41, 5.74) is 2.67. The van der Waals surface area contributed by atoms with Gasteiger partial charge in [0.1, 0.15) is 11.5 Å². The number of carbonyl (C=O) groups is 1. The van der Waals surface area contributed by atoms with Gasteiger partial charge in [0.25, 0.3) is 0 Å². The molecule has 0 bridgehead atoms. The van der Waals surface area contributed by atoms with Crippen molar-refractivity contribution >= 4 is 33.5 Å². The molecule has 0 radical (unpaired) electrons. The second-order valence-corrected chi connectivity index (χ2v) is 6.88. The Kier molecular flexibility index (Phi) is 4.09. The van der Waals surface area contributed by atoms with Crippen LogP contribution in [0.2, 0.25) is 0 Å². The molecule has 1 aliphatic rings. The van der Waals surface area contributed by atoms with Gasteiger partial charge in [-0.2, -0.15) is 5.10 Å². The Morgan fingerprint density at radius 2 is 2.04 bits per heavy atom. The Bertz CT molecular complexity index is 929. The maximum atomic E-state index is 12.8. The van der Waals surface area contributed by atoms with E-state index in [0.717, 1.165) is 40.3 Å². The number of halogens is 1. The van der Waals surface area contributed by atoms with Crippen molar-refractivity contribution in [3.63, 3.8) is 0 Å². The van der Waals surface area contributed by atoms with Crippen LogP contribution in [0.3, 0.4) is 0 Å². The third-order valence-corrected chi connectivity index (χ3v) is 5.05. The predicted molar refractivity (Wildman–Crippen MR) is 102 cm³/mol. The second-order valence-electron chi connectivity index (χ2n) is 6.03. The summed E-state index contributed by atoms with van der Waals surface area (Å²) in [4.78, 5) is 14.5. The smallest absolute Gasteiger partial charge is 0.327 e. The molecule has 0 saturated carbocycles. The Labute approximate surface area is 154 Å². The fraction of sp³-hybridized carbons (Fsp3) is 0.222. The lowest BCUT2D eigenvalue weighted by molar-refractivity contribution is 0.255. The number of carbonyl (C=O) groups excluding carboxylic acids is 1. The number of urea groups is 1. The lowest BCUT2D eigenvalue weighted by Gasteiger charge is -2.27. The molecule has 2 amide bonds. The van der Waals surface area contributed by atoms with E-state index in [9.17, 15) is 4.79 Å². The molecule has 128 valence electrons. The maximum absolute atomic E-state index is 12.8. The van der Waals surface area contributed by atoms with Gasteiger partial charge < -0.3 is 9.88 Å². The first-order valence-electron chi connectivity index (χ1n) is 8.16. The summed E-state index contributed by atoms with van der Waals surface area (Å²) < 4.78 is 4.80. The summed E-state index contributed by atoms with van der Waals surface area (Å²) in [5.74, 6) is 0.826. The minimum atomic E-state index is -0.147. The third kappa shape index (κ3) is 2.95. The van der Waals surface area contributed by atoms with Crippen molar-refractivity contribution in [2.24, 2.45) is 7.05 Å². The Morgan fingerprint density at radius 3 is 2.80 bits per heavy atom. The molecule has 1 N–H and O–H groups in total. The molecule has 3 aromatic rings. The molecule has 25 heavy (non-hydrogen) atoms. The van der Waals surface area contributed by atoms with Gasteiger partial charge in [-0.05, 0) is 46.6 Å². The van der Waals surface area contributed by atoms with Crippen LogP contribution in [-0.2, 0) is 13.6 Å². The van der Waals surface area contributed by atoms with E-state index in [1.807, 2.05) is 65.0 Å². The number of benzene rings is 1. The van der Waals surface area contributed by atoms with E-state index in [2.05, 4.69) is 26.3 Å². The summed E-state index contributed by atoms with van der Waals surface area (Å²) in [5, 5.41) is 7.65. The van der Waals surface area contributed by atoms with Gasteiger partial charge in [-0.15, -0.1) is 0 Å². The minimum Gasteiger partial charge on any atom is -0.349 e. The van der Waals surface area contributed by atoms with Crippen LogP contribution < -0.4 is 10.2 Å². The van der Waals surface area contributed by atoms with Gasteiger partial charge >= 0.3 is 6.03 Å². The fourth-order valence-electron chi connectivity index (χ4n) is 3.09. The van der Waals surface area contributed by atoms with Gasteiger partial charge in [-0.3, -0.25) is 4.90 Å². The maximum Gasteiger partial charge on any atom is 0.327 e. The van der Waals surface area contributed by atoms with E-state index < -0.39 is 0 Å². The van der Waals surface area contributed by atoms with Crippen molar-refractivity contribution in [2.75, 3.05) is 16.8 Å². The quantitative estimate of drug-likeness (QED) is 0.705. The zero-order valence-corrected chi connectivity index (χ0v) is 15.4. The topological polar surface area (TPSA) is 55.1 Å². The van der Waals surface area contributed by atoms with E-state index in [-0.39, 0.29) is 6.03 Å². The first kappa shape index (κ1) is 16.0. The SMILES string of the molecule is Cn1cccc1-c1cc2n(n1)CCCN2C(=O)Nc1ccccc1Br. The first-order chi connectivity index (χ1) is 12.1. The van der Waals surface area contributed by atoms with Crippen LogP contribution in [0.5, 0.6) is 0 Å². The van der Waals surface area contributed by atoms with Crippen molar-refractivity contribution in [1.29, 1.82) is 0 Å². The van der Waals surface area contributed by atoms with Crippen LogP contribution in [0.4, 0.5) is 16.3 Å². The molecule has 0 spiro atoms. The number of nitrogens with one attached hydrogen (secondary N) is 1. The molecular weight excluding hydrogens is 382 g/mol. The number of amides is 2. The molecule has 0 saturated heterocycles. The molecule has 1 aromatic carbocycles. The van der Waals surface area contributed by atoms with Crippen molar-refractivity contribution in [3.05, 3.63) is 53.1 Å².